The number of amides is 1. The van der Waals surface area contributed by atoms with Gasteiger partial charge in [0.05, 0.1) is 25.4 Å². The van der Waals surface area contributed by atoms with Crippen LogP contribution in [0, 0.1) is 0 Å². The Balaban J connectivity index is 2.58. The minimum atomic E-state index is -1.61. The zero-order chi connectivity index (χ0) is 56.8. The zero-order valence-corrected chi connectivity index (χ0v) is 51.1. The lowest BCUT2D eigenvalue weighted by Gasteiger charge is -2.41. The van der Waals surface area contributed by atoms with Crippen LogP contribution in [0.4, 0.5) is 0 Å². The quantitative estimate of drug-likeness (QED) is 0.0195. The van der Waals surface area contributed by atoms with Crippen LogP contribution >= 0.6 is 0 Å². The SMILES string of the molecule is CCCCCCCC/C=C/CCCCCCCCCCCCCCCC(=O)OC1C(OCC(NC(=O)C(O)CCCCCCCCCCCCCCCC)C(O)/C=C/CCCCCCCCCCCC)OC(CO)C(O)C1O. The number of carbonyl (C=O) groups excluding carboxylic acids is 2. The van der Waals surface area contributed by atoms with Crippen LogP contribution in [0.2, 0.25) is 0 Å². The van der Waals surface area contributed by atoms with E-state index in [1.165, 1.54) is 225 Å². The smallest absolute Gasteiger partial charge is 0.306 e. The van der Waals surface area contributed by atoms with Gasteiger partial charge in [-0.05, 0) is 51.4 Å². The molecule has 1 aliphatic rings. The van der Waals surface area contributed by atoms with Crippen LogP contribution in [0.25, 0.3) is 0 Å². The number of ether oxygens (including phenoxy) is 3. The summed E-state index contributed by atoms with van der Waals surface area (Å²) < 4.78 is 17.7. The molecule has 0 bridgehead atoms. The van der Waals surface area contributed by atoms with Gasteiger partial charge in [0.2, 0.25) is 5.91 Å². The minimum Gasteiger partial charge on any atom is -0.454 e. The lowest BCUT2D eigenvalue weighted by Crippen LogP contribution is -2.61. The third-order valence-electron chi connectivity index (χ3n) is 16.1. The Morgan fingerprint density at radius 2 is 0.846 bits per heavy atom. The lowest BCUT2D eigenvalue weighted by atomic mass is 9.99. The Morgan fingerprint density at radius 1 is 0.487 bits per heavy atom. The van der Waals surface area contributed by atoms with Crippen LogP contribution < -0.4 is 5.32 Å². The molecule has 1 amide bonds. The van der Waals surface area contributed by atoms with E-state index in [9.17, 15) is 35.1 Å². The summed E-state index contributed by atoms with van der Waals surface area (Å²) in [6.07, 6.45) is 55.1. The molecule has 0 spiro atoms. The molecule has 0 saturated carbocycles. The van der Waals surface area contributed by atoms with Gasteiger partial charge < -0.3 is 45.1 Å². The third-order valence-corrected chi connectivity index (χ3v) is 16.1. The molecular weight excluding hydrogens is 979 g/mol. The van der Waals surface area contributed by atoms with Gasteiger partial charge in [-0.15, -0.1) is 0 Å². The maximum atomic E-state index is 13.4. The summed E-state index contributed by atoms with van der Waals surface area (Å²) in [5.41, 5.74) is 0. The fourth-order valence-corrected chi connectivity index (χ4v) is 10.8. The summed E-state index contributed by atoms with van der Waals surface area (Å²) in [4.78, 5) is 26.6. The van der Waals surface area contributed by atoms with Crippen molar-refractivity contribution in [3.8, 4) is 0 Å². The van der Waals surface area contributed by atoms with Crippen molar-refractivity contribution in [2.24, 2.45) is 0 Å². The highest BCUT2D eigenvalue weighted by atomic mass is 16.7. The van der Waals surface area contributed by atoms with Gasteiger partial charge in [0.25, 0.3) is 0 Å². The first kappa shape index (κ1) is 74.2. The summed E-state index contributed by atoms with van der Waals surface area (Å²) in [6, 6.07) is -1.02. The number of esters is 1. The molecule has 1 aliphatic heterocycles. The third kappa shape index (κ3) is 42.9. The van der Waals surface area contributed by atoms with E-state index in [0.29, 0.717) is 19.3 Å². The number of nitrogens with one attached hydrogen (secondary N) is 1. The van der Waals surface area contributed by atoms with Gasteiger partial charge in [0.15, 0.2) is 12.4 Å². The van der Waals surface area contributed by atoms with Crippen LogP contribution in [0.15, 0.2) is 24.3 Å². The maximum absolute atomic E-state index is 13.4. The molecule has 6 N–H and O–H groups in total. The number of unbranched alkanes of at least 4 members (excludes halogenated alkanes) is 42. The maximum Gasteiger partial charge on any atom is 0.306 e. The van der Waals surface area contributed by atoms with Crippen LogP contribution in [0.5, 0.6) is 0 Å². The Morgan fingerprint density at radius 3 is 1.24 bits per heavy atom. The van der Waals surface area contributed by atoms with Crippen molar-refractivity contribution < 1.29 is 49.3 Å². The number of hydrogen-bond acceptors (Lipinski definition) is 10. The molecule has 11 nitrogen and oxygen atoms in total. The molecular formula is C67H127NO10. The fraction of sp³-hybridized carbons (Fsp3) is 0.910. The predicted octanol–water partition coefficient (Wildman–Crippen LogP) is 16.5. The number of allylic oxidation sites excluding steroid dienone is 3. The standard InChI is InChI=1S/C67H127NO10/c1-4-7-10-13-16-19-22-25-27-28-29-30-31-32-33-34-35-37-40-43-46-49-52-55-62(72)78-65-64(74)63(73)61(56-69)77-67(65)76-57-58(59(70)53-50-47-44-41-38-24-21-18-15-12-9-6-3)68-66(75)60(71)54-51-48-45-42-39-36-26-23-20-17-14-11-8-5-2/h25,27,50,53,58-61,63-65,67,69-71,73-74H,4-24,26,28-49,51-52,54-57H2,1-3H3,(H,68,75)/b27-25+,53-50+. The van der Waals surface area contributed by atoms with Crippen molar-refractivity contribution in [1.82, 2.24) is 5.32 Å². The number of carbonyl (C=O) groups is 2. The average molecular weight is 1110 g/mol. The molecule has 1 rings (SSSR count). The highest BCUT2D eigenvalue weighted by molar-refractivity contribution is 5.80. The highest BCUT2D eigenvalue weighted by Crippen LogP contribution is 2.26. The van der Waals surface area contributed by atoms with Crippen LogP contribution in [0.1, 0.15) is 329 Å². The molecule has 0 aromatic heterocycles. The van der Waals surface area contributed by atoms with Crippen LogP contribution in [0.3, 0.4) is 0 Å². The molecule has 0 aromatic carbocycles. The molecule has 1 saturated heterocycles. The number of aliphatic hydroxyl groups is 5. The van der Waals surface area contributed by atoms with Gasteiger partial charge in [-0.2, -0.15) is 0 Å². The Bertz CT molecular complexity index is 1360. The van der Waals surface area contributed by atoms with Crippen molar-refractivity contribution >= 4 is 11.9 Å². The van der Waals surface area contributed by atoms with E-state index in [-0.39, 0.29) is 13.0 Å². The molecule has 1 heterocycles. The van der Waals surface area contributed by atoms with E-state index < -0.39 is 67.4 Å². The van der Waals surface area contributed by atoms with Crippen molar-refractivity contribution in [3.05, 3.63) is 24.3 Å². The van der Waals surface area contributed by atoms with E-state index in [1.54, 1.807) is 6.08 Å². The Hall–Kier alpha value is -1.86. The first-order chi connectivity index (χ1) is 38.2. The van der Waals surface area contributed by atoms with Crippen molar-refractivity contribution in [2.45, 2.75) is 378 Å². The summed E-state index contributed by atoms with van der Waals surface area (Å²) in [5, 5.41) is 57.1. The van der Waals surface area contributed by atoms with Gasteiger partial charge in [-0.3, -0.25) is 9.59 Å². The Labute approximate surface area is 480 Å². The van der Waals surface area contributed by atoms with Gasteiger partial charge in [0.1, 0.15) is 24.4 Å². The molecule has 0 aromatic rings. The van der Waals surface area contributed by atoms with Crippen molar-refractivity contribution in [1.29, 1.82) is 0 Å². The Kier molecular flexibility index (Phi) is 52.9. The van der Waals surface area contributed by atoms with E-state index in [0.717, 1.165) is 57.8 Å². The average Bonchev–Trinajstić information content (AvgIpc) is 3.45. The van der Waals surface area contributed by atoms with Gasteiger partial charge in [-0.25, -0.2) is 0 Å². The molecule has 460 valence electrons. The van der Waals surface area contributed by atoms with Crippen molar-refractivity contribution in [3.63, 3.8) is 0 Å². The number of aliphatic hydroxyl groups excluding tert-OH is 5. The molecule has 0 aliphatic carbocycles. The van der Waals surface area contributed by atoms with E-state index in [4.69, 9.17) is 14.2 Å². The highest BCUT2D eigenvalue weighted by Gasteiger charge is 2.47. The second kappa shape index (κ2) is 55.7. The molecule has 1 fully saturated rings. The molecule has 8 atom stereocenters. The number of hydrogen-bond donors (Lipinski definition) is 6. The largest absolute Gasteiger partial charge is 0.454 e. The summed E-state index contributed by atoms with van der Waals surface area (Å²) in [7, 11) is 0. The summed E-state index contributed by atoms with van der Waals surface area (Å²) >= 11 is 0. The van der Waals surface area contributed by atoms with Gasteiger partial charge >= 0.3 is 5.97 Å². The first-order valence-electron chi connectivity index (χ1n) is 33.6. The van der Waals surface area contributed by atoms with Gasteiger partial charge in [-0.1, -0.05) is 295 Å². The minimum absolute atomic E-state index is 0.128. The van der Waals surface area contributed by atoms with E-state index in [1.807, 2.05) is 6.08 Å². The zero-order valence-electron chi connectivity index (χ0n) is 51.1. The second-order valence-corrected chi connectivity index (χ2v) is 23.6. The number of rotatable bonds is 58. The molecule has 0 radical (unpaired) electrons. The van der Waals surface area contributed by atoms with E-state index >= 15 is 0 Å². The normalized spacial score (nSPS) is 19.0. The fourth-order valence-electron chi connectivity index (χ4n) is 10.8. The molecule has 8 unspecified atom stereocenters. The van der Waals surface area contributed by atoms with Crippen molar-refractivity contribution in [2.75, 3.05) is 13.2 Å². The van der Waals surface area contributed by atoms with Crippen LogP contribution in [-0.4, -0.2) is 99.6 Å². The first-order valence-corrected chi connectivity index (χ1v) is 33.6. The van der Waals surface area contributed by atoms with Gasteiger partial charge in [0, 0.05) is 6.42 Å². The second-order valence-electron chi connectivity index (χ2n) is 23.6. The lowest BCUT2D eigenvalue weighted by molar-refractivity contribution is -0.305. The molecule has 11 heteroatoms. The summed E-state index contributed by atoms with van der Waals surface area (Å²) in [5.74, 6) is -1.18. The molecule has 78 heavy (non-hydrogen) atoms. The topological polar surface area (TPSA) is 175 Å². The predicted molar refractivity (Wildman–Crippen MR) is 324 cm³/mol. The van der Waals surface area contributed by atoms with Crippen LogP contribution in [-0.2, 0) is 23.8 Å². The monoisotopic (exact) mass is 1110 g/mol. The summed E-state index contributed by atoms with van der Waals surface area (Å²) in [6.45, 7) is 5.82. The van der Waals surface area contributed by atoms with E-state index in [2.05, 4.69) is 38.2 Å².